The lowest BCUT2D eigenvalue weighted by Crippen LogP contribution is -2.25. The van der Waals surface area contributed by atoms with Crippen LogP contribution in [0, 0.1) is 0 Å². The molecule has 6 heteroatoms. The topological polar surface area (TPSA) is 77.4 Å². The summed E-state index contributed by atoms with van der Waals surface area (Å²) in [6.45, 7) is 0.562. The lowest BCUT2D eigenvalue weighted by Gasteiger charge is -2.15. The zero-order valence-electron chi connectivity index (χ0n) is 18.7. The van der Waals surface area contributed by atoms with Crippen LogP contribution in [-0.4, -0.2) is 48.8 Å². The van der Waals surface area contributed by atoms with Crippen LogP contribution < -0.4 is 18.9 Å². The summed E-state index contributed by atoms with van der Waals surface area (Å²) in [7, 11) is 0. The summed E-state index contributed by atoms with van der Waals surface area (Å²) in [4.78, 5) is 0. The molecule has 2 atom stereocenters. The molecule has 0 aromatic heterocycles. The third kappa shape index (κ3) is 7.13. The summed E-state index contributed by atoms with van der Waals surface area (Å²) in [6.07, 6.45) is -1.49. The molecule has 0 heterocycles. The van der Waals surface area contributed by atoms with Gasteiger partial charge in [-0.1, -0.05) is 48.5 Å². The zero-order valence-corrected chi connectivity index (χ0v) is 18.7. The van der Waals surface area contributed by atoms with Gasteiger partial charge in [-0.15, -0.1) is 0 Å². The second-order valence-corrected chi connectivity index (χ2v) is 7.85. The van der Waals surface area contributed by atoms with Gasteiger partial charge in [0, 0.05) is 0 Å². The van der Waals surface area contributed by atoms with Crippen molar-refractivity contribution in [2.75, 3.05) is 26.4 Å². The number of aliphatic hydroxyl groups is 2. The minimum atomic E-state index is -0.746. The Bertz CT molecular complexity index is 1060. The molecule has 0 aliphatic rings. The number of para-hydroxylation sites is 2. The lowest BCUT2D eigenvalue weighted by atomic mass is 10.1. The van der Waals surface area contributed by atoms with Crippen molar-refractivity contribution in [1.82, 2.24) is 0 Å². The first-order valence-electron chi connectivity index (χ1n) is 11.2. The molecular formula is C28H28O6. The molecule has 4 aromatic carbocycles. The minimum Gasteiger partial charge on any atom is -0.491 e. The smallest absolute Gasteiger partial charge is 0.122 e. The number of aliphatic hydroxyl groups excluding tert-OH is 2. The van der Waals surface area contributed by atoms with Gasteiger partial charge < -0.3 is 29.2 Å². The van der Waals surface area contributed by atoms with E-state index in [0.717, 1.165) is 10.8 Å². The molecule has 4 aromatic rings. The molecule has 0 bridgehead atoms. The van der Waals surface area contributed by atoms with E-state index in [-0.39, 0.29) is 26.4 Å². The van der Waals surface area contributed by atoms with Crippen LogP contribution in [0.3, 0.4) is 0 Å². The van der Waals surface area contributed by atoms with Crippen LogP contribution in [0.25, 0.3) is 10.8 Å². The van der Waals surface area contributed by atoms with Gasteiger partial charge in [0.05, 0.1) is 0 Å². The molecule has 0 aliphatic carbocycles. The zero-order chi connectivity index (χ0) is 23.6. The number of benzene rings is 4. The number of hydrogen-bond acceptors (Lipinski definition) is 6. The molecule has 0 saturated carbocycles. The van der Waals surface area contributed by atoms with E-state index in [1.165, 1.54) is 0 Å². The molecule has 2 unspecified atom stereocenters. The van der Waals surface area contributed by atoms with Gasteiger partial charge in [-0.2, -0.15) is 0 Å². The predicted octanol–water partition coefficient (Wildman–Crippen LogP) is 4.48. The molecule has 2 N–H and O–H groups in total. The van der Waals surface area contributed by atoms with Crippen LogP contribution >= 0.6 is 0 Å². The van der Waals surface area contributed by atoms with Crippen molar-refractivity contribution >= 4 is 10.8 Å². The van der Waals surface area contributed by atoms with E-state index in [4.69, 9.17) is 18.9 Å². The Labute approximate surface area is 198 Å². The molecule has 6 nitrogen and oxygen atoms in total. The van der Waals surface area contributed by atoms with Gasteiger partial charge in [0.2, 0.25) is 0 Å². The fourth-order valence-electron chi connectivity index (χ4n) is 3.28. The third-order valence-corrected chi connectivity index (χ3v) is 5.04. The maximum Gasteiger partial charge on any atom is 0.122 e. The fourth-order valence-corrected chi connectivity index (χ4v) is 3.28. The molecule has 0 amide bonds. The molecule has 176 valence electrons. The molecule has 0 fully saturated rings. The maximum absolute atomic E-state index is 10.1. The van der Waals surface area contributed by atoms with Crippen LogP contribution in [0.5, 0.6) is 23.0 Å². The van der Waals surface area contributed by atoms with Gasteiger partial charge in [0.25, 0.3) is 0 Å². The summed E-state index contributed by atoms with van der Waals surface area (Å²) < 4.78 is 22.6. The highest BCUT2D eigenvalue weighted by molar-refractivity contribution is 5.85. The first-order valence-corrected chi connectivity index (χ1v) is 11.2. The van der Waals surface area contributed by atoms with E-state index in [1.54, 1.807) is 0 Å². The summed E-state index contributed by atoms with van der Waals surface area (Å²) >= 11 is 0. The highest BCUT2D eigenvalue weighted by Gasteiger charge is 2.09. The molecular weight excluding hydrogens is 432 g/mol. The average molecular weight is 461 g/mol. The highest BCUT2D eigenvalue weighted by atomic mass is 16.5. The average Bonchev–Trinajstić information content (AvgIpc) is 2.89. The van der Waals surface area contributed by atoms with E-state index in [9.17, 15) is 10.2 Å². The summed E-state index contributed by atoms with van der Waals surface area (Å²) in [6, 6.07) is 30.1. The van der Waals surface area contributed by atoms with Gasteiger partial charge in [-0.05, 0) is 59.3 Å². The lowest BCUT2D eigenvalue weighted by molar-refractivity contribution is 0.0626. The van der Waals surface area contributed by atoms with Crippen LogP contribution in [0.4, 0.5) is 0 Å². The van der Waals surface area contributed by atoms with E-state index in [1.807, 2.05) is 97.1 Å². The molecule has 0 radical (unpaired) electrons. The van der Waals surface area contributed by atoms with Gasteiger partial charge in [0.1, 0.15) is 61.6 Å². The third-order valence-electron chi connectivity index (χ3n) is 5.04. The van der Waals surface area contributed by atoms with Crippen LogP contribution in [0.2, 0.25) is 0 Å². The molecule has 4 rings (SSSR count). The second kappa shape index (κ2) is 11.9. The van der Waals surface area contributed by atoms with Gasteiger partial charge >= 0.3 is 0 Å². The number of hydrogen-bond donors (Lipinski definition) is 2. The Balaban J connectivity index is 1.23. The Hall–Kier alpha value is -3.74. The molecule has 34 heavy (non-hydrogen) atoms. The van der Waals surface area contributed by atoms with Crippen molar-refractivity contribution in [3.8, 4) is 23.0 Å². The van der Waals surface area contributed by atoms with E-state index in [0.29, 0.717) is 23.0 Å². The number of fused-ring (bicyclic) bond motifs is 1. The Morgan fingerprint density at radius 2 is 0.794 bits per heavy atom. The van der Waals surface area contributed by atoms with Crippen molar-refractivity contribution in [3.05, 3.63) is 97.1 Å². The Morgan fingerprint density at radius 1 is 0.441 bits per heavy atom. The minimum absolute atomic E-state index is 0.127. The summed E-state index contributed by atoms with van der Waals surface area (Å²) in [5.41, 5.74) is 0. The Kier molecular flexibility index (Phi) is 8.22. The quantitative estimate of drug-likeness (QED) is 0.325. The van der Waals surface area contributed by atoms with E-state index >= 15 is 0 Å². The van der Waals surface area contributed by atoms with Crippen molar-refractivity contribution in [2.45, 2.75) is 12.2 Å². The summed E-state index contributed by atoms with van der Waals surface area (Å²) in [5, 5.41) is 22.2. The highest BCUT2D eigenvalue weighted by Crippen LogP contribution is 2.25. The van der Waals surface area contributed by atoms with Gasteiger partial charge in [0.15, 0.2) is 0 Å². The van der Waals surface area contributed by atoms with E-state index in [2.05, 4.69) is 0 Å². The second-order valence-electron chi connectivity index (χ2n) is 7.85. The predicted molar refractivity (Wildman–Crippen MR) is 131 cm³/mol. The van der Waals surface area contributed by atoms with Crippen molar-refractivity contribution < 1.29 is 29.2 Å². The van der Waals surface area contributed by atoms with E-state index < -0.39 is 12.2 Å². The summed E-state index contributed by atoms with van der Waals surface area (Å²) in [5.74, 6) is 2.74. The SMILES string of the molecule is OC(COc1ccccc1)COc1ccc2cc(OCC(O)COc3ccccc3)ccc2c1. The van der Waals surface area contributed by atoms with Crippen LogP contribution in [-0.2, 0) is 0 Å². The normalized spacial score (nSPS) is 12.6. The first-order chi connectivity index (χ1) is 16.7. The van der Waals surface area contributed by atoms with Crippen LogP contribution in [0.15, 0.2) is 97.1 Å². The van der Waals surface area contributed by atoms with Gasteiger partial charge in [-0.25, -0.2) is 0 Å². The fraction of sp³-hybridized carbons (Fsp3) is 0.214. The number of rotatable bonds is 12. The first kappa shape index (κ1) is 23.4. The Morgan fingerprint density at radius 3 is 1.18 bits per heavy atom. The molecule has 0 saturated heterocycles. The van der Waals surface area contributed by atoms with Gasteiger partial charge in [-0.3, -0.25) is 0 Å². The largest absolute Gasteiger partial charge is 0.491 e. The number of ether oxygens (including phenoxy) is 4. The monoisotopic (exact) mass is 460 g/mol. The maximum atomic E-state index is 10.1. The van der Waals surface area contributed by atoms with Crippen LogP contribution in [0.1, 0.15) is 0 Å². The van der Waals surface area contributed by atoms with Crippen molar-refractivity contribution in [2.24, 2.45) is 0 Å². The molecule has 0 aliphatic heterocycles. The standard InChI is InChI=1S/C28H28O6/c29-23(17-31-25-7-3-1-4-8-25)19-33-27-13-11-22-16-28(14-12-21(22)15-27)34-20-24(30)18-32-26-9-5-2-6-10-26/h1-16,23-24,29-30H,17-20H2. The van der Waals surface area contributed by atoms with Crippen molar-refractivity contribution in [3.63, 3.8) is 0 Å². The molecule has 0 spiro atoms. The van der Waals surface area contributed by atoms with Crippen molar-refractivity contribution in [1.29, 1.82) is 0 Å².